The molecule has 0 atom stereocenters. The van der Waals surface area contributed by atoms with E-state index in [2.05, 4.69) is 25.9 Å². The highest BCUT2D eigenvalue weighted by molar-refractivity contribution is 6.03. The summed E-state index contributed by atoms with van der Waals surface area (Å²) in [7, 11) is 0. The van der Waals surface area contributed by atoms with Gasteiger partial charge in [0.2, 0.25) is 11.9 Å². The molecule has 0 saturated carbocycles. The van der Waals surface area contributed by atoms with E-state index in [-0.39, 0.29) is 17.5 Å². The van der Waals surface area contributed by atoms with Gasteiger partial charge in [-0.25, -0.2) is 9.97 Å². The quantitative estimate of drug-likeness (QED) is 0.625. The number of nitrogens with zero attached hydrogens (tertiary/aromatic N) is 2. The molecule has 0 saturated heterocycles. The second-order valence-corrected chi connectivity index (χ2v) is 6.43. The van der Waals surface area contributed by atoms with Gasteiger partial charge >= 0.3 is 0 Å². The van der Waals surface area contributed by atoms with E-state index in [0.717, 1.165) is 11.3 Å². The van der Waals surface area contributed by atoms with Gasteiger partial charge in [0.1, 0.15) is 5.69 Å². The number of nitrogens with one attached hydrogen (secondary N) is 3. The summed E-state index contributed by atoms with van der Waals surface area (Å²) in [5, 5.41) is 8.58. The van der Waals surface area contributed by atoms with Crippen LogP contribution < -0.4 is 16.0 Å². The van der Waals surface area contributed by atoms with Crippen molar-refractivity contribution in [2.75, 3.05) is 16.0 Å². The number of benzene rings is 2. The topological polar surface area (TPSA) is 96.0 Å². The van der Waals surface area contributed by atoms with Gasteiger partial charge in [-0.1, -0.05) is 23.8 Å². The second kappa shape index (κ2) is 8.30. The Bertz CT molecular complexity index is 1020. The summed E-state index contributed by atoms with van der Waals surface area (Å²) in [5.74, 6) is -0.194. The third-order valence-corrected chi connectivity index (χ3v) is 3.84. The van der Waals surface area contributed by atoms with Gasteiger partial charge in [0.15, 0.2) is 0 Å². The largest absolute Gasteiger partial charge is 0.326 e. The van der Waals surface area contributed by atoms with Gasteiger partial charge in [0.05, 0.1) is 0 Å². The molecule has 1 aromatic heterocycles. The molecular weight excluding hydrogens is 354 g/mol. The van der Waals surface area contributed by atoms with Crippen LogP contribution in [0.1, 0.15) is 28.7 Å². The standard InChI is InChI=1S/C21H21N5O2/c1-13-7-9-16(10-8-13)25-21-22-14(2)11-19(26-21)20(28)24-18-6-4-5-17(12-18)23-15(3)27/h4-12H,1-3H3,(H,23,27)(H,24,28)(H,22,25,26). The van der Waals surface area contributed by atoms with E-state index in [4.69, 9.17) is 0 Å². The molecule has 3 rings (SSSR count). The Hall–Kier alpha value is -3.74. The van der Waals surface area contributed by atoms with Crippen molar-refractivity contribution in [2.24, 2.45) is 0 Å². The number of carbonyl (C=O) groups excluding carboxylic acids is 2. The van der Waals surface area contributed by atoms with E-state index in [1.807, 2.05) is 31.2 Å². The number of anilines is 4. The number of aromatic nitrogens is 2. The molecule has 0 aliphatic carbocycles. The monoisotopic (exact) mass is 375 g/mol. The minimum absolute atomic E-state index is 0.179. The maximum atomic E-state index is 12.6. The Morgan fingerprint density at radius 2 is 1.50 bits per heavy atom. The first-order valence-electron chi connectivity index (χ1n) is 8.77. The third-order valence-electron chi connectivity index (χ3n) is 3.84. The minimum atomic E-state index is -0.363. The average molecular weight is 375 g/mol. The summed E-state index contributed by atoms with van der Waals surface area (Å²) >= 11 is 0. The predicted molar refractivity (Wildman–Crippen MR) is 110 cm³/mol. The SMILES string of the molecule is CC(=O)Nc1cccc(NC(=O)c2cc(C)nc(Nc3ccc(C)cc3)n2)c1. The highest BCUT2D eigenvalue weighted by Gasteiger charge is 2.12. The fraction of sp³-hybridized carbons (Fsp3) is 0.143. The fourth-order valence-corrected chi connectivity index (χ4v) is 2.58. The normalized spacial score (nSPS) is 10.2. The molecule has 0 spiro atoms. The zero-order chi connectivity index (χ0) is 20.1. The summed E-state index contributed by atoms with van der Waals surface area (Å²) in [6.45, 7) is 5.24. The first-order chi connectivity index (χ1) is 13.4. The van der Waals surface area contributed by atoms with E-state index < -0.39 is 0 Å². The molecule has 142 valence electrons. The molecule has 0 aliphatic rings. The van der Waals surface area contributed by atoms with Gasteiger partial charge in [-0.2, -0.15) is 0 Å². The van der Waals surface area contributed by atoms with Gasteiger partial charge in [-0.05, 0) is 50.2 Å². The lowest BCUT2D eigenvalue weighted by Crippen LogP contribution is -2.16. The number of carbonyl (C=O) groups is 2. The van der Waals surface area contributed by atoms with Crippen molar-refractivity contribution in [2.45, 2.75) is 20.8 Å². The summed E-state index contributed by atoms with van der Waals surface area (Å²) in [6, 6.07) is 16.3. The highest BCUT2D eigenvalue weighted by atomic mass is 16.2. The van der Waals surface area contributed by atoms with Crippen molar-refractivity contribution in [3.8, 4) is 0 Å². The molecule has 3 aromatic rings. The molecular formula is C21H21N5O2. The molecule has 7 nitrogen and oxygen atoms in total. The van der Waals surface area contributed by atoms with Crippen molar-refractivity contribution < 1.29 is 9.59 Å². The minimum Gasteiger partial charge on any atom is -0.326 e. The summed E-state index contributed by atoms with van der Waals surface area (Å²) < 4.78 is 0. The maximum Gasteiger partial charge on any atom is 0.274 e. The Morgan fingerprint density at radius 3 is 2.18 bits per heavy atom. The average Bonchev–Trinajstić information content (AvgIpc) is 2.63. The van der Waals surface area contributed by atoms with Crippen LogP contribution in [0.5, 0.6) is 0 Å². The van der Waals surface area contributed by atoms with Crippen LogP contribution in [-0.2, 0) is 4.79 Å². The third kappa shape index (κ3) is 5.14. The van der Waals surface area contributed by atoms with E-state index in [1.54, 1.807) is 37.3 Å². The van der Waals surface area contributed by atoms with Crippen molar-refractivity contribution >= 4 is 34.8 Å². The summed E-state index contributed by atoms with van der Waals surface area (Å²) in [6.07, 6.45) is 0. The molecule has 2 amide bonds. The molecule has 1 heterocycles. The molecule has 3 N–H and O–H groups in total. The van der Waals surface area contributed by atoms with E-state index in [1.165, 1.54) is 6.92 Å². The summed E-state index contributed by atoms with van der Waals surface area (Å²) in [5.41, 5.74) is 4.06. The Kier molecular flexibility index (Phi) is 5.64. The van der Waals surface area contributed by atoms with Crippen molar-refractivity contribution in [3.63, 3.8) is 0 Å². The van der Waals surface area contributed by atoms with E-state index in [0.29, 0.717) is 23.0 Å². The second-order valence-electron chi connectivity index (χ2n) is 6.43. The summed E-state index contributed by atoms with van der Waals surface area (Å²) in [4.78, 5) is 32.5. The predicted octanol–water partition coefficient (Wildman–Crippen LogP) is 4.05. The van der Waals surface area contributed by atoms with Crippen molar-refractivity contribution in [1.82, 2.24) is 9.97 Å². The molecule has 0 fully saturated rings. The van der Waals surface area contributed by atoms with Crippen LogP contribution in [0.15, 0.2) is 54.6 Å². The number of amides is 2. The van der Waals surface area contributed by atoms with Crippen LogP contribution in [0.2, 0.25) is 0 Å². The smallest absolute Gasteiger partial charge is 0.274 e. The van der Waals surface area contributed by atoms with Crippen LogP contribution in [0.25, 0.3) is 0 Å². The number of hydrogen-bond donors (Lipinski definition) is 3. The zero-order valence-electron chi connectivity index (χ0n) is 15.9. The lowest BCUT2D eigenvalue weighted by molar-refractivity contribution is -0.114. The Labute approximate surface area is 163 Å². The number of hydrogen-bond acceptors (Lipinski definition) is 5. The molecule has 28 heavy (non-hydrogen) atoms. The molecule has 7 heteroatoms. The number of rotatable bonds is 5. The van der Waals surface area contributed by atoms with Gasteiger partial charge in [-0.3, -0.25) is 9.59 Å². The van der Waals surface area contributed by atoms with Gasteiger partial charge < -0.3 is 16.0 Å². The Morgan fingerprint density at radius 1 is 0.821 bits per heavy atom. The lowest BCUT2D eigenvalue weighted by atomic mass is 10.2. The van der Waals surface area contributed by atoms with Crippen molar-refractivity contribution in [3.05, 3.63) is 71.5 Å². The molecule has 0 bridgehead atoms. The van der Waals surface area contributed by atoms with Crippen LogP contribution >= 0.6 is 0 Å². The molecule has 2 aromatic carbocycles. The first kappa shape index (κ1) is 19.0. The van der Waals surface area contributed by atoms with Crippen LogP contribution in [-0.4, -0.2) is 21.8 Å². The van der Waals surface area contributed by atoms with E-state index >= 15 is 0 Å². The lowest BCUT2D eigenvalue weighted by Gasteiger charge is -2.10. The van der Waals surface area contributed by atoms with Crippen LogP contribution in [0, 0.1) is 13.8 Å². The Balaban J connectivity index is 1.77. The molecule has 0 unspecified atom stereocenters. The van der Waals surface area contributed by atoms with Crippen molar-refractivity contribution in [1.29, 1.82) is 0 Å². The fourth-order valence-electron chi connectivity index (χ4n) is 2.58. The van der Waals surface area contributed by atoms with Gasteiger partial charge in [0, 0.05) is 29.7 Å². The van der Waals surface area contributed by atoms with E-state index in [9.17, 15) is 9.59 Å². The van der Waals surface area contributed by atoms with Crippen LogP contribution in [0.4, 0.5) is 23.0 Å². The van der Waals surface area contributed by atoms with Crippen LogP contribution in [0.3, 0.4) is 0 Å². The zero-order valence-corrected chi connectivity index (χ0v) is 15.9. The highest BCUT2D eigenvalue weighted by Crippen LogP contribution is 2.18. The first-order valence-corrected chi connectivity index (χ1v) is 8.77. The van der Waals surface area contributed by atoms with Gasteiger partial charge in [-0.15, -0.1) is 0 Å². The van der Waals surface area contributed by atoms with Gasteiger partial charge in [0.25, 0.3) is 5.91 Å². The maximum absolute atomic E-state index is 12.6. The molecule has 0 aliphatic heterocycles. The number of aryl methyl sites for hydroxylation is 2. The molecule has 0 radical (unpaired) electrons.